The molecule has 0 aromatic heterocycles. The number of rotatable bonds is 5. The average molecular weight is 168 g/mol. The monoisotopic (exact) mass is 168 g/mol. The minimum absolute atomic E-state index is 0.0600. The van der Waals surface area contributed by atoms with Gasteiger partial charge in [0.2, 0.25) is 0 Å². The van der Waals surface area contributed by atoms with E-state index in [0.717, 1.165) is 19.1 Å². The number of hydrogen-bond acceptors (Lipinski definition) is 1. The van der Waals surface area contributed by atoms with E-state index >= 15 is 0 Å². The van der Waals surface area contributed by atoms with Gasteiger partial charge in [0, 0.05) is 5.92 Å². The minimum atomic E-state index is 0.0600. The Morgan fingerprint density at radius 2 is 1.92 bits per heavy atom. The molecule has 1 heteroatoms. The van der Waals surface area contributed by atoms with Crippen LogP contribution < -0.4 is 0 Å². The SMILES string of the molecule is C=CCC/C=C/C(C)C=O.CC. The van der Waals surface area contributed by atoms with E-state index < -0.39 is 0 Å². The molecule has 0 amide bonds. The Bertz CT molecular complexity index is 125. The zero-order valence-corrected chi connectivity index (χ0v) is 8.42. The van der Waals surface area contributed by atoms with E-state index in [1.54, 1.807) is 0 Å². The van der Waals surface area contributed by atoms with Gasteiger partial charge in [-0.2, -0.15) is 0 Å². The number of carbonyl (C=O) groups is 1. The van der Waals surface area contributed by atoms with E-state index in [1.807, 2.05) is 39.0 Å². The fourth-order valence-corrected chi connectivity index (χ4v) is 0.570. The average Bonchev–Trinajstić information content (AvgIpc) is 2.15. The van der Waals surface area contributed by atoms with Gasteiger partial charge in [0.1, 0.15) is 6.29 Å². The van der Waals surface area contributed by atoms with Crippen LogP contribution in [0.3, 0.4) is 0 Å². The van der Waals surface area contributed by atoms with Gasteiger partial charge in [-0.15, -0.1) is 6.58 Å². The van der Waals surface area contributed by atoms with Gasteiger partial charge in [-0.1, -0.05) is 39.0 Å². The molecule has 0 spiro atoms. The lowest BCUT2D eigenvalue weighted by Gasteiger charge is -1.90. The summed E-state index contributed by atoms with van der Waals surface area (Å²) in [6.45, 7) is 9.47. The first-order chi connectivity index (χ1) is 5.81. The van der Waals surface area contributed by atoms with Crippen molar-refractivity contribution >= 4 is 6.29 Å². The van der Waals surface area contributed by atoms with E-state index in [0.29, 0.717) is 0 Å². The first-order valence-corrected chi connectivity index (χ1v) is 4.54. The molecule has 0 radical (unpaired) electrons. The Hall–Kier alpha value is -0.850. The Morgan fingerprint density at radius 1 is 1.33 bits per heavy atom. The fraction of sp³-hybridized carbons (Fsp3) is 0.545. The van der Waals surface area contributed by atoms with Crippen molar-refractivity contribution in [3.05, 3.63) is 24.8 Å². The molecule has 0 fully saturated rings. The van der Waals surface area contributed by atoms with Crippen molar-refractivity contribution in [2.24, 2.45) is 5.92 Å². The molecule has 0 aliphatic rings. The Labute approximate surface area is 76.2 Å². The van der Waals surface area contributed by atoms with Crippen molar-refractivity contribution in [1.29, 1.82) is 0 Å². The summed E-state index contributed by atoms with van der Waals surface area (Å²) in [5.41, 5.74) is 0. The van der Waals surface area contributed by atoms with Crippen LogP contribution in [0.25, 0.3) is 0 Å². The fourth-order valence-electron chi connectivity index (χ4n) is 0.570. The first-order valence-electron chi connectivity index (χ1n) is 4.54. The molecule has 70 valence electrons. The number of unbranched alkanes of at least 4 members (excludes halogenated alkanes) is 1. The maximum atomic E-state index is 10.1. The van der Waals surface area contributed by atoms with Crippen LogP contribution in [0.5, 0.6) is 0 Å². The van der Waals surface area contributed by atoms with Gasteiger partial charge in [0.25, 0.3) is 0 Å². The molecule has 0 saturated carbocycles. The van der Waals surface area contributed by atoms with Crippen molar-refractivity contribution in [3.8, 4) is 0 Å². The highest BCUT2D eigenvalue weighted by Crippen LogP contribution is 1.96. The first kappa shape index (κ1) is 13.7. The number of aldehydes is 1. The van der Waals surface area contributed by atoms with E-state index in [-0.39, 0.29) is 5.92 Å². The third-order valence-electron chi connectivity index (χ3n) is 1.19. The van der Waals surface area contributed by atoms with Crippen LogP contribution in [-0.2, 0) is 4.79 Å². The van der Waals surface area contributed by atoms with E-state index in [9.17, 15) is 4.79 Å². The lowest BCUT2D eigenvalue weighted by molar-refractivity contribution is -0.109. The number of carbonyl (C=O) groups excluding carboxylic acids is 1. The van der Waals surface area contributed by atoms with Crippen molar-refractivity contribution in [3.63, 3.8) is 0 Å². The Kier molecular flexibility index (Phi) is 14.6. The van der Waals surface area contributed by atoms with E-state index in [1.165, 1.54) is 0 Å². The molecule has 0 saturated heterocycles. The molecule has 1 atom stereocenters. The predicted molar refractivity (Wildman–Crippen MR) is 55.1 cm³/mol. The molecule has 0 N–H and O–H groups in total. The van der Waals surface area contributed by atoms with Crippen LogP contribution in [0.2, 0.25) is 0 Å². The summed E-state index contributed by atoms with van der Waals surface area (Å²) in [6.07, 6.45) is 8.71. The smallest absolute Gasteiger partial charge is 0.126 e. The highest BCUT2D eigenvalue weighted by Gasteiger charge is 1.88. The molecule has 0 rings (SSSR count). The maximum Gasteiger partial charge on any atom is 0.126 e. The van der Waals surface area contributed by atoms with Gasteiger partial charge < -0.3 is 4.79 Å². The molecule has 1 nitrogen and oxygen atoms in total. The quantitative estimate of drug-likeness (QED) is 0.349. The van der Waals surface area contributed by atoms with Crippen LogP contribution in [0.15, 0.2) is 24.8 Å². The summed E-state index contributed by atoms with van der Waals surface area (Å²) in [6, 6.07) is 0. The highest BCUT2D eigenvalue weighted by atomic mass is 16.1. The lowest BCUT2D eigenvalue weighted by Crippen LogP contribution is -1.87. The van der Waals surface area contributed by atoms with Crippen molar-refractivity contribution in [2.45, 2.75) is 33.6 Å². The zero-order chi connectivity index (χ0) is 9.82. The topological polar surface area (TPSA) is 17.1 Å². The molecular weight excluding hydrogens is 148 g/mol. The largest absolute Gasteiger partial charge is 0.303 e. The predicted octanol–water partition coefficient (Wildman–Crippen LogP) is 3.37. The second kappa shape index (κ2) is 12.8. The summed E-state index contributed by atoms with van der Waals surface area (Å²) in [5.74, 6) is 0.0600. The second-order valence-electron chi connectivity index (χ2n) is 2.29. The highest BCUT2D eigenvalue weighted by molar-refractivity contribution is 5.55. The van der Waals surface area contributed by atoms with Crippen molar-refractivity contribution in [2.75, 3.05) is 0 Å². The van der Waals surface area contributed by atoms with Crippen molar-refractivity contribution < 1.29 is 4.79 Å². The van der Waals surface area contributed by atoms with Crippen LogP contribution in [0.4, 0.5) is 0 Å². The molecule has 0 aliphatic heterocycles. The maximum absolute atomic E-state index is 10.1. The molecule has 0 bridgehead atoms. The normalized spacial score (nSPS) is 11.6. The summed E-state index contributed by atoms with van der Waals surface area (Å²) in [7, 11) is 0. The van der Waals surface area contributed by atoms with Crippen LogP contribution >= 0.6 is 0 Å². The minimum Gasteiger partial charge on any atom is -0.303 e. The Morgan fingerprint density at radius 3 is 2.33 bits per heavy atom. The summed E-state index contributed by atoms with van der Waals surface area (Å²) >= 11 is 0. The summed E-state index contributed by atoms with van der Waals surface area (Å²) in [4.78, 5) is 10.1. The third kappa shape index (κ3) is 11.9. The van der Waals surface area contributed by atoms with Crippen LogP contribution in [-0.4, -0.2) is 6.29 Å². The molecule has 0 heterocycles. The second-order valence-corrected chi connectivity index (χ2v) is 2.29. The molecule has 1 unspecified atom stereocenters. The third-order valence-corrected chi connectivity index (χ3v) is 1.19. The van der Waals surface area contributed by atoms with Crippen molar-refractivity contribution in [1.82, 2.24) is 0 Å². The summed E-state index contributed by atoms with van der Waals surface area (Å²) < 4.78 is 0. The Balaban J connectivity index is 0. The van der Waals surface area contributed by atoms with Gasteiger partial charge in [-0.3, -0.25) is 0 Å². The molecule has 0 aromatic rings. The molecule has 0 aromatic carbocycles. The molecular formula is C11H20O. The standard InChI is InChI=1S/C9H14O.C2H6/c1-3-4-5-6-7-9(2)8-10;1-2/h3,6-9H,1,4-5H2,2H3;1-2H3/b7-6+;. The van der Waals surface area contributed by atoms with Gasteiger partial charge in [-0.25, -0.2) is 0 Å². The summed E-state index contributed by atoms with van der Waals surface area (Å²) in [5, 5.41) is 0. The lowest BCUT2D eigenvalue weighted by atomic mass is 10.2. The van der Waals surface area contributed by atoms with Gasteiger partial charge in [-0.05, 0) is 12.8 Å². The van der Waals surface area contributed by atoms with Crippen LogP contribution in [0.1, 0.15) is 33.6 Å². The van der Waals surface area contributed by atoms with Crippen LogP contribution in [0, 0.1) is 5.92 Å². The number of allylic oxidation sites excluding steroid dienone is 3. The van der Waals surface area contributed by atoms with Gasteiger partial charge >= 0.3 is 0 Å². The van der Waals surface area contributed by atoms with Gasteiger partial charge in [0.15, 0.2) is 0 Å². The molecule has 12 heavy (non-hydrogen) atoms. The number of hydrogen-bond donors (Lipinski definition) is 0. The van der Waals surface area contributed by atoms with Gasteiger partial charge in [0.05, 0.1) is 0 Å². The zero-order valence-electron chi connectivity index (χ0n) is 8.42. The molecule has 0 aliphatic carbocycles. The van der Waals surface area contributed by atoms with E-state index in [4.69, 9.17) is 0 Å². The van der Waals surface area contributed by atoms with E-state index in [2.05, 4.69) is 6.58 Å².